The summed E-state index contributed by atoms with van der Waals surface area (Å²) in [6.07, 6.45) is 4.22. The zero-order valence-corrected chi connectivity index (χ0v) is 18.8. The summed E-state index contributed by atoms with van der Waals surface area (Å²) < 4.78 is 0. The summed E-state index contributed by atoms with van der Waals surface area (Å²) in [6, 6.07) is 14.3. The number of carbonyl (C=O) groups is 1. The van der Waals surface area contributed by atoms with E-state index in [0.717, 1.165) is 49.0 Å². The van der Waals surface area contributed by atoms with Crippen LogP contribution in [-0.2, 0) is 16.8 Å². The quantitative estimate of drug-likeness (QED) is 0.535. The van der Waals surface area contributed by atoms with Crippen molar-refractivity contribution in [2.45, 2.75) is 51.6 Å². The molecule has 0 bridgehead atoms. The molecule has 1 fully saturated rings. The van der Waals surface area contributed by atoms with Gasteiger partial charge in [0.15, 0.2) is 0 Å². The van der Waals surface area contributed by atoms with E-state index in [9.17, 15) is 9.90 Å². The zero-order chi connectivity index (χ0) is 21.6. The number of aliphatic hydroxyl groups is 1. The fourth-order valence-corrected chi connectivity index (χ4v) is 4.85. The van der Waals surface area contributed by atoms with Crippen molar-refractivity contribution in [1.29, 1.82) is 0 Å². The molecule has 2 aromatic rings. The lowest BCUT2D eigenvalue weighted by Gasteiger charge is -2.40. The molecule has 4 nitrogen and oxygen atoms in total. The molecule has 2 aromatic carbocycles. The van der Waals surface area contributed by atoms with Gasteiger partial charge in [0.25, 0.3) is 0 Å². The zero-order valence-electron chi connectivity index (χ0n) is 18.0. The van der Waals surface area contributed by atoms with E-state index in [-0.39, 0.29) is 11.8 Å². The highest BCUT2D eigenvalue weighted by Crippen LogP contribution is 2.44. The predicted octanol–water partition coefficient (Wildman–Crippen LogP) is 4.67. The van der Waals surface area contributed by atoms with Gasteiger partial charge in [-0.2, -0.15) is 0 Å². The van der Waals surface area contributed by atoms with Crippen molar-refractivity contribution >= 4 is 17.5 Å². The van der Waals surface area contributed by atoms with E-state index in [2.05, 4.69) is 41.8 Å². The molecule has 5 heteroatoms. The first-order chi connectivity index (χ1) is 14.5. The number of hydrogen-bond donors (Lipinski definition) is 3. The van der Waals surface area contributed by atoms with Crippen LogP contribution in [0.2, 0.25) is 5.02 Å². The molecule has 1 aliphatic heterocycles. The van der Waals surface area contributed by atoms with E-state index in [1.165, 1.54) is 12.5 Å². The number of halogens is 1. The average Bonchev–Trinajstić information content (AvgIpc) is 2.77. The third-order valence-electron chi connectivity index (χ3n) is 6.18. The molecule has 2 atom stereocenters. The fraction of sp³-hybridized carbons (Fsp3) is 0.480. The fourth-order valence-electron chi connectivity index (χ4n) is 4.57. The minimum absolute atomic E-state index is 0.0438. The first-order valence-electron chi connectivity index (χ1n) is 11.0. The maximum absolute atomic E-state index is 12.2. The second-order valence-corrected chi connectivity index (χ2v) is 8.68. The van der Waals surface area contributed by atoms with Crippen molar-refractivity contribution in [2.24, 2.45) is 5.92 Å². The average molecular weight is 429 g/mol. The van der Waals surface area contributed by atoms with Gasteiger partial charge in [0.1, 0.15) is 0 Å². The SMILES string of the molecule is CCc1cccc(-c2c(Cl)cccc2[C@](O)(CCCNC(C)=O)[C@@H]2CCCNC2)c1. The molecular formula is C25H33ClN2O2. The molecule has 0 radical (unpaired) electrons. The van der Waals surface area contributed by atoms with E-state index in [4.69, 9.17) is 11.6 Å². The summed E-state index contributed by atoms with van der Waals surface area (Å²) in [7, 11) is 0. The second-order valence-electron chi connectivity index (χ2n) is 8.27. The number of benzene rings is 2. The Morgan fingerprint density at radius 3 is 2.80 bits per heavy atom. The van der Waals surface area contributed by atoms with Crippen molar-refractivity contribution < 1.29 is 9.90 Å². The Bertz CT molecular complexity index is 864. The summed E-state index contributed by atoms with van der Waals surface area (Å²) >= 11 is 6.72. The summed E-state index contributed by atoms with van der Waals surface area (Å²) in [5, 5.41) is 19.1. The van der Waals surface area contributed by atoms with E-state index < -0.39 is 5.60 Å². The Labute approximate surface area is 185 Å². The molecule has 0 unspecified atom stereocenters. The normalized spacial score (nSPS) is 18.6. The Morgan fingerprint density at radius 1 is 1.30 bits per heavy atom. The van der Waals surface area contributed by atoms with E-state index in [1.807, 2.05) is 18.2 Å². The van der Waals surface area contributed by atoms with Gasteiger partial charge in [-0.25, -0.2) is 0 Å². The summed E-state index contributed by atoms with van der Waals surface area (Å²) in [6.45, 7) is 5.97. The van der Waals surface area contributed by atoms with Gasteiger partial charge >= 0.3 is 0 Å². The third kappa shape index (κ3) is 5.23. The number of piperidine rings is 1. The van der Waals surface area contributed by atoms with Gasteiger partial charge < -0.3 is 15.7 Å². The molecule has 0 aromatic heterocycles. The molecule has 3 N–H and O–H groups in total. The monoisotopic (exact) mass is 428 g/mol. The lowest BCUT2D eigenvalue weighted by Crippen LogP contribution is -2.45. The molecular weight excluding hydrogens is 396 g/mol. The molecule has 162 valence electrons. The van der Waals surface area contributed by atoms with Crippen LogP contribution in [0.15, 0.2) is 42.5 Å². The van der Waals surface area contributed by atoms with Gasteiger partial charge in [0.2, 0.25) is 5.91 Å². The van der Waals surface area contributed by atoms with Crippen LogP contribution in [0.1, 0.15) is 50.7 Å². The van der Waals surface area contributed by atoms with Gasteiger partial charge in [0, 0.05) is 36.5 Å². The van der Waals surface area contributed by atoms with Crippen LogP contribution in [0.4, 0.5) is 0 Å². The number of amides is 1. The minimum atomic E-state index is -1.02. The standard InChI is InChI=1S/C25H33ClN2O2/c1-3-19-8-4-9-20(16-19)24-22(11-5-12-23(24)26)25(30,13-7-15-28-18(2)29)21-10-6-14-27-17-21/h4-5,8-9,11-12,16,21,27,30H,3,6-7,10,13-15,17H2,1-2H3,(H,28,29)/t21-,25+/m1/s1. The van der Waals surface area contributed by atoms with Crippen LogP contribution < -0.4 is 10.6 Å². The van der Waals surface area contributed by atoms with E-state index >= 15 is 0 Å². The van der Waals surface area contributed by atoms with Gasteiger partial charge in [-0.3, -0.25) is 4.79 Å². The van der Waals surface area contributed by atoms with Crippen LogP contribution in [0.3, 0.4) is 0 Å². The molecule has 30 heavy (non-hydrogen) atoms. The Balaban J connectivity index is 2.04. The summed E-state index contributed by atoms with van der Waals surface area (Å²) in [5.41, 5.74) is 3.07. The van der Waals surface area contributed by atoms with Crippen LogP contribution in [0.25, 0.3) is 11.1 Å². The highest BCUT2D eigenvalue weighted by atomic mass is 35.5. The first kappa shape index (κ1) is 22.8. The summed E-state index contributed by atoms with van der Waals surface area (Å²) in [5.74, 6) is 0.0489. The third-order valence-corrected chi connectivity index (χ3v) is 6.50. The smallest absolute Gasteiger partial charge is 0.216 e. The molecule has 0 saturated carbocycles. The van der Waals surface area contributed by atoms with Gasteiger partial charge in [-0.15, -0.1) is 0 Å². The molecule has 0 aliphatic carbocycles. The van der Waals surface area contributed by atoms with E-state index in [1.54, 1.807) is 0 Å². The number of nitrogens with one attached hydrogen (secondary N) is 2. The molecule has 1 amide bonds. The number of aryl methyl sites for hydroxylation is 1. The second kappa shape index (κ2) is 10.4. The molecule has 0 spiro atoms. The van der Waals surface area contributed by atoms with E-state index in [0.29, 0.717) is 24.4 Å². The summed E-state index contributed by atoms with van der Waals surface area (Å²) in [4.78, 5) is 11.3. The maximum atomic E-state index is 12.2. The van der Waals surface area contributed by atoms with Crippen LogP contribution in [-0.4, -0.2) is 30.6 Å². The van der Waals surface area contributed by atoms with Crippen molar-refractivity contribution in [2.75, 3.05) is 19.6 Å². The number of rotatable bonds is 8. The first-order valence-corrected chi connectivity index (χ1v) is 11.4. The van der Waals surface area contributed by atoms with Crippen molar-refractivity contribution in [3.8, 4) is 11.1 Å². The topological polar surface area (TPSA) is 61.4 Å². The lowest BCUT2D eigenvalue weighted by molar-refractivity contribution is -0.119. The van der Waals surface area contributed by atoms with Gasteiger partial charge in [0.05, 0.1) is 5.60 Å². The highest BCUT2D eigenvalue weighted by Gasteiger charge is 2.40. The largest absolute Gasteiger partial charge is 0.385 e. The van der Waals surface area contributed by atoms with Crippen molar-refractivity contribution in [3.63, 3.8) is 0 Å². The Morgan fingerprint density at radius 2 is 2.10 bits per heavy atom. The lowest BCUT2D eigenvalue weighted by atomic mass is 9.72. The van der Waals surface area contributed by atoms with Crippen LogP contribution in [0, 0.1) is 5.92 Å². The Hall–Kier alpha value is -1.88. The molecule has 1 aliphatic rings. The Kier molecular flexibility index (Phi) is 7.93. The molecule has 1 heterocycles. The highest BCUT2D eigenvalue weighted by molar-refractivity contribution is 6.33. The number of carbonyl (C=O) groups excluding carboxylic acids is 1. The maximum Gasteiger partial charge on any atom is 0.216 e. The van der Waals surface area contributed by atoms with Crippen molar-refractivity contribution in [1.82, 2.24) is 10.6 Å². The minimum Gasteiger partial charge on any atom is -0.385 e. The van der Waals surface area contributed by atoms with Gasteiger partial charge in [-0.05, 0) is 61.4 Å². The van der Waals surface area contributed by atoms with Crippen molar-refractivity contribution in [3.05, 3.63) is 58.6 Å². The number of hydrogen-bond acceptors (Lipinski definition) is 3. The molecule has 3 rings (SSSR count). The van der Waals surface area contributed by atoms with Gasteiger partial charge in [-0.1, -0.05) is 54.9 Å². The predicted molar refractivity (Wildman–Crippen MR) is 124 cm³/mol. The van der Waals surface area contributed by atoms with Crippen LogP contribution >= 0.6 is 11.6 Å². The van der Waals surface area contributed by atoms with Crippen LogP contribution in [0.5, 0.6) is 0 Å². The molecule has 1 saturated heterocycles.